The van der Waals surface area contributed by atoms with Crippen molar-refractivity contribution in [3.05, 3.63) is 29.8 Å². The number of ether oxygens (including phenoxy) is 2. The fourth-order valence-electron chi connectivity index (χ4n) is 2.16. The first-order chi connectivity index (χ1) is 9.45. The fraction of sp³-hybridized carbons (Fsp3) is 0.538. The van der Waals surface area contributed by atoms with Gasteiger partial charge in [-0.3, -0.25) is 0 Å². The second-order valence-corrected chi connectivity index (χ2v) is 8.14. The Bertz CT molecular complexity index is 536. The number of benzene rings is 1. The van der Waals surface area contributed by atoms with Crippen LogP contribution in [0.5, 0.6) is 0 Å². The Hall–Kier alpha value is -0.600. The maximum atomic E-state index is 11.5. The highest BCUT2D eigenvalue weighted by molar-refractivity contribution is 8.02. The molecule has 0 radical (unpaired) electrons. The summed E-state index contributed by atoms with van der Waals surface area (Å²) in [5.41, 5.74) is 0.888. The van der Waals surface area contributed by atoms with Crippen molar-refractivity contribution in [1.29, 1.82) is 0 Å². The summed E-state index contributed by atoms with van der Waals surface area (Å²) in [6.45, 7) is 0. The van der Waals surface area contributed by atoms with Crippen LogP contribution in [0.3, 0.4) is 0 Å². The van der Waals surface area contributed by atoms with E-state index in [1.165, 1.54) is 11.8 Å². The Morgan fingerprint density at radius 3 is 2.25 bits per heavy atom. The second-order valence-electron chi connectivity index (χ2n) is 4.67. The normalized spacial score (nSPS) is 25.2. The molecule has 1 aromatic rings. The maximum Gasteiger partial charge on any atom is 0.183 e. The monoisotopic (exact) mass is 318 g/mol. The molecule has 2 atom stereocenters. The summed E-state index contributed by atoms with van der Waals surface area (Å²) in [6.07, 6.45) is -1.21. The quantitative estimate of drug-likeness (QED) is 0.823. The van der Waals surface area contributed by atoms with Gasteiger partial charge >= 0.3 is 0 Å². The molecule has 1 aromatic carbocycles. The van der Waals surface area contributed by atoms with Crippen molar-refractivity contribution < 1.29 is 23.0 Å². The van der Waals surface area contributed by atoms with Gasteiger partial charge in [0.2, 0.25) is 0 Å². The molecular formula is C13H18O5S2. The highest BCUT2D eigenvalue weighted by atomic mass is 32.2. The molecule has 7 heteroatoms. The second kappa shape index (κ2) is 6.44. The van der Waals surface area contributed by atoms with Gasteiger partial charge in [-0.2, -0.15) is 0 Å². The van der Waals surface area contributed by atoms with Crippen LogP contribution in [0, 0.1) is 0 Å². The van der Waals surface area contributed by atoms with E-state index in [2.05, 4.69) is 0 Å². The number of hydrogen-bond donors (Lipinski definition) is 1. The smallest absolute Gasteiger partial charge is 0.183 e. The summed E-state index contributed by atoms with van der Waals surface area (Å²) in [5, 5.41) is 9.47. The SMILES string of the molecule is COC(OC)c1ccc(SC2CS(=O)(=O)CC2O)cc1. The molecule has 1 aliphatic rings. The van der Waals surface area contributed by atoms with Crippen molar-refractivity contribution in [2.24, 2.45) is 0 Å². The molecule has 0 aromatic heterocycles. The van der Waals surface area contributed by atoms with Gasteiger partial charge in [0, 0.05) is 24.7 Å². The van der Waals surface area contributed by atoms with Crippen LogP contribution in [0.1, 0.15) is 11.9 Å². The number of aliphatic hydroxyl groups is 1. The van der Waals surface area contributed by atoms with Gasteiger partial charge in [0.1, 0.15) is 0 Å². The molecule has 1 N–H and O–H groups in total. The lowest BCUT2D eigenvalue weighted by Gasteiger charge is -2.15. The summed E-state index contributed by atoms with van der Waals surface area (Å²) in [5.74, 6) is -0.114. The van der Waals surface area contributed by atoms with E-state index in [0.717, 1.165) is 10.5 Å². The molecule has 1 heterocycles. The van der Waals surface area contributed by atoms with Crippen LogP contribution in [0.25, 0.3) is 0 Å². The topological polar surface area (TPSA) is 72.8 Å². The molecule has 1 aliphatic heterocycles. The van der Waals surface area contributed by atoms with Gasteiger partial charge in [-0.15, -0.1) is 11.8 Å². The third-order valence-corrected chi connectivity index (χ3v) is 6.40. The third kappa shape index (κ3) is 3.73. The van der Waals surface area contributed by atoms with Crippen LogP contribution < -0.4 is 0 Å². The molecule has 5 nitrogen and oxygen atoms in total. The van der Waals surface area contributed by atoms with Crippen LogP contribution in [0.4, 0.5) is 0 Å². The highest BCUT2D eigenvalue weighted by Gasteiger charge is 2.36. The molecule has 2 unspecified atom stereocenters. The third-order valence-electron chi connectivity index (χ3n) is 3.14. The number of hydrogen-bond acceptors (Lipinski definition) is 6. The predicted molar refractivity (Wildman–Crippen MR) is 77.5 cm³/mol. The molecular weight excluding hydrogens is 300 g/mol. The molecule has 0 bridgehead atoms. The van der Waals surface area contributed by atoms with Gasteiger partial charge in [-0.25, -0.2) is 8.42 Å². The number of aliphatic hydroxyl groups excluding tert-OH is 1. The maximum absolute atomic E-state index is 11.5. The number of methoxy groups -OCH3 is 2. The summed E-state index contributed by atoms with van der Waals surface area (Å²) >= 11 is 1.39. The lowest BCUT2D eigenvalue weighted by molar-refractivity contribution is -0.106. The van der Waals surface area contributed by atoms with Crippen LogP contribution in [-0.2, 0) is 19.3 Å². The summed E-state index contributed by atoms with van der Waals surface area (Å²) in [6, 6.07) is 7.50. The minimum absolute atomic E-state index is 0.0271. The number of thioether (sulfide) groups is 1. The first-order valence-corrected chi connectivity index (χ1v) is 8.86. The number of rotatable bonds is 5. The molecule has 1 fully saturated rings. The predicted octanol–water partition coefficient (Wildman–Crippen LogP) is 1.23. The van der Waals surface area contributed by atoms with E-state index in [1.807, 2.05) is 24.3 Å². The van der Waals surface area contributed by atoms with E-state index >= 15 is 0 Å². The molecule has 20 heavy (non-hydrogen) atoms. The van der Waals surface area contributed by atoms with Crippen molar-refractivity contribution in [3.8, 4) is 0 Å². The Labute approximate surface area is 123 Å². The van der Waals surface area contributed by atoms with E-state index in [0.29, 0.717) is 0 Å². The van der Waals surface area contributed by atoms with Crippen molar-refractivity contribution in [2.75, 3.05) is 25.7 Å². The fourth-order valence-corrected chi connectivity index (χ4v) is 5.68. The van der Waals surface area contributed by atoms with Crippen molar-refractivity contribution in [2.45, 2.75) is 22.5 Å². The van der Waals surface area contributed by atoms with Crippen LogP contribution in [-0.4, -0.2) is 50.6 Å². The zero-order chi connectivity index (χ0) is 14.8. The van der Waals surface area contributed by atoms with Gasteiger partial charge in [-0.05, 0) is 12.1 Å². The van der Waals surface area contributed by atoms with Crippen LogP contribution in [0.2, 0.25) is 0 Å². The van der Waals surface area contributed by atoms with Crippen LogP contribution >= 0.6 is 11.8 Å². The Kier molecular flexibility index (Phi) is 5.09. The molecule has 0 aliphatic carbocycles. The highest BCUT2D eigenvalue weighted by Crippen LogP contribution is 2.32. The molecule has 0 amide bonds. The van der Waals surface area contributed by atoms with E-state index < -0.39 is 22.2 Å². The number of sulfone groups is 1. The van der Waals surface area contributed by atoms with Crippen LogP contribution in [0.15, 0.2) is 29.2 Å². The minimum Gasteiger partial charge on any atom is -0.391 e. The van der Waals surface area contributed by atoms with Gasteiger partial charge < -0.3 is 14.6 Å². The first-order valence-electron chi connectivity index (χ1n) is 6.16. The average Bonchev–Trinajstić information content (AvgIpc) is 2.66. The summed E-state index contributed by atoms with van der Waals surface area (Å²) in [4.78, 5) is 0.917. The summed E-state index contributed by atoms with van der Waals surface area (Å²) < 4.78 is 33.2. The molecule has 1 saturated heterocycles. The van der Waals surface area contributed by atoms with Gasteiger partial charge in [0.25, 0.3) is 0 Å². The lowest BCUT2D eigenvalue weighted by atomic mass is 10.2. The Balaban J connectivity index is 2.04. The zero-order valence-electron chi connectivity index (χ0n) is 11.4. The Morgan fingerprint density at radius 2 is 1.80 bits per heavy atom. The van der Waals surface area contributed by atoms with E-state index in [4.69, 9.17) is 9.47 Å². The Morgan fingerprint density at radius 1 is 1.20 bits per heavy atom. The lowest BCUT2D eigenvalue weighted by Crippen LogP contribution is -2.19. The zero-order valence-corrected chi connectivity index (χ0v) is 13.0. The molecule has 0 saturated carbocycles. The van der Waals surface area contributed by atoms with Crippen molar-refractivity contribution >= 4 is 21.6 Å². The van der Waals surface area contributed by atoms with Crippen molar-refractivity contribution in [3.63, 3.8) is 0 Å². The van der Waals surface area contributed by atoms with E-state index in [1.54, 1.807) is 14.2 Å². The molecule has 112 valence electrons. The molecule has 2 rings (SSSR count). The van der Waals surface area contributed by atoms with Gasteiger partial charge in [0.05, 0.1) is 22.9 Å². The summed E-state index contributed by atoms with van der Waals surface area (Å²) in [7, 11) is 0.0270. The van der Waals surface area contributed by atoms with Gasteiger partial charge in [0.15, 0.2) is 16.1 Å². The standard InChI is InChI=1S/C13H18O5S2/c1-17-13(18-2)9-3-5-10(6-4-9)19-12-8-20(15,16)7-11(12)14/h3-6,11-14H,7-8H2,1-2H3. The van der Waals surface area contributed by atoms with Crippen molar-refractivity contribution in [1.82, 2.24) is 0 Å². The largest absolute Gasteiger partial charge is 0.391 e. The molecule has 0 spiro atoms. The minimum atomic E-state index is -3.11. The van der Waals surface area contributed by atoms with Gasteiger partial charge in [-0.1, -0.05) is 12.1 Å². The van der Waals surface area contributed by atoms with E-state index in [-0.39, 0.29) is 16.8 Å². The van der Waals surface area contributed by atoms with E-state index in [9.17, 15) is 13.5 Å². The average molecular weight is 318 g/mol. The first kappa shape index (κ1) is 15.8.